The minimum Gasteiger partial charge on any atom is -0.466 e. The van der Waals surface area contributed by atoms with Crippen LogP contribution in [0.3, 0.4) is 0 Å². The van der Waals surface area contributed by atoms with Gasteiger partial charge in [-0.25, -0.2) is 0 Å². The number of carbonyl (C=O) groups excluding carboxylic acids is 2. The molecular weight excluding hydrogens is 430 g/mol. The molecule has 4 nitrogen and oxygen atoms in total. The van der Waals surface area contributed by atoms with E-state index >= 15 is 0 Å². The Morgan fingerprint density at radius 3 is 2.35 bits per heavy atom. The van der Waals surface area contributed by atoms with Crippen molar-refractivity contribution in [2.75, 3.05) is 5.32 Å². The first-order valence-corrected chi connectivity index (χ1v) is 12.1. The molecule has 0 heterocycles. The third-order valence-corrected chi connectivity index (χ3v) is 7.01. The molecular formula is C25H30ClNO3S. The van der Waals surface area contributed by atoms with Crippen LogP contribution in [0.1, 0.15) is 52.4 Å². The number of nitrogens with one attached hydrogen (secondary N) is 1. The summed E-state index contributed by atoms with van der Waals surface area (Å²) in [5.41, 5.74) is -0.815. The number of hydrogen-bond acceptors (Lipinski definition) is 4. The number of thioether (sulfide) groups is 1. The minimum absolute atomic E-state index is 0.0596. The normalized spacial score (nSPS) is 16.5. The Hall–Kier alpha value is -1.98. The van der Waals surface area contributed by atoms with Crippen molar-refractivity contribution in [3.8, 4) is 5.75 Å². The zero-order chi connectivity index (χ0) is 22.3. The number of benzene rings is 2. The molecule has 2 aromatic rings. The highest BCUT2D eigenvalue weighted by atomic mass is 35.5. The number of carbonyl (C=O) groups is 2. The van der Waals surface area contributed by atoms with Gasteiger partial charge < -0.3 is 10.1 Å². The van der Waals surface area contributed by atoms with Gasteiger partial charge in [0.25, 0.3) is 0 Å². The Morgan fingerprint density at radius 2 is 1.68 bits per heavy atom. The van der Waals surface area contributed by atoms with Gasteiger partial charge in [0.2, 0.25) is 16.6 Å². The predicted molar refractivity (Wildman–Crippen MR) is 128 cm³/mol. The number of alkyl halides is 1. The topological polar surface area (TPSA) is 55.4 Å². The number of amides is 1. The lowest BCUT2D eigenvalue weighted by Crippen LogP contribution is -2.39. The molecule has 1 N–H and O–H groups in total. The standard InChI is InChI=1S/C25H30ClNO3S/c1-18(2)17-25(15-9-4-10-16-25)24(29)27-20-13-7-8-14-21(20)31-23(28)22(26)30-19-11-5-3-6-12-19/h3,5-8,11-14,18,22H,4,9-10,15-17H2,1-2H3,(H,27,29). The molecule has 1 saturated carbocycles. The first-order valence-electron chi connectivity index (χ1n) is 10.9. The van der Waals surface area contributed by atoms with Gasteiger partial charge in [-0.05, 0) is 61.2 Å². The maximum atomic E-state index is 13.4. The van der Waals surface area contributed by atoms with Crippen LogP contribution in [-0.2, 0) is 9.59 Å². The third-order valence-electron chi connectivity index (χ3n) is 5.61. The van der Waals surface area contributed by atoms with Gasteiger partial charge in [0, 0.05) is 10.3 Å². The summed E-state index contributed by atoms with van der Waals surface area (Å²) in [7, 11) is 0. The molecule has 0 saturated heterocycles. The number of hydrogen-bond donors (Lipinski definition) is 1. The summed E-state index contributed by atoms with van der Waals surface area (Å²) in [4.78, 5) is 26.7. The summed E-state index contributed by atoms with van der Waals surface area (Å²) in [6, 6.07) is 16.4. The zero-order valence-corrected chi connectivity index (χ0v) is 19.7. The molecule has 166 valence electrons. The van der Waals surface area contributed by atoms with E-state index in [9.17, 15) is 9.59 Å². The van der Waals surface area contributed by atoms with Crippen molar-refractivity contribution in [1.82, 2.24) is 0 Å². The lowest BCUT2D eigenvalue weighted by atomic mass is 9.68. The number of anilines is 1. The van der Waals surface area contributed by atoms with Crippen molar-refractivity contribution in [2.45, 2.75) is 62.8 Å². The molecule has 1 aliphatic carbocycles. The second-order valence-electron chi connectivity index (χ2n) is 8.56. The fraction of sp³-hybridized carbons (Fsp3) is 0.440. The van der Waals surface area contributed by atoms with Gasteiger partial charge >= 0.3 is 0 Å². The quantitative estimate of drug-likeness (QED) is 0.345. The number of halogens is 1. The van der Waals surface area contributed by atoms with Gasteiger partial charge in [0.1, 0.15) is 5.75 Å². The lowest BCUT2D eigenvalue weighted by Gasteiger charge is -2.37. The first kappa shape index (κ1) is 23.7. The molecule has 31 heavy (non-hydrogen) atoms. The average Bonchev–Trinajstić information content (AvgIpc) is 2.76. The summed E-state index contributed by atoms with van der Waals surface area (Å²) >= 11 is 7.18. The van der Waals surface area contributed by atoms with Gasteiger partial charge in [0.05, 0.1) is 5.69 Å². The summed E-state index contributed by atoms with van der Waals surface area (Å²) in [6.45, 7) is 4.33. The maximum Gasteiger partial charge on any atom is 0.249 e. The second kappa shape index (κ2) is 11.1. The van der Waals surface area contributed by atoms with Crippen molar-refractivity contribution < 1.29 is 14.3 Å². The molecule has 0 radical (unpaired) electrons. The van der Waals surface area contributed by atoms with E-state index in [0.717, 1.165) is 43.9 Å². The predicted octanol–water partition coefficient (Wildman–Crippen LogP) is 6.88. The largest absolute Gasteiger partial charge is 0.466 e. The van der Waals surface area contributed by atoms with Gasteiger partial charge in [-0.15, -0.1) is 0 Å². The highest BCUT2D eigenvalue weighted by Gasteiger charge is 2.40. The molecule has 1 unspecified atom stereocenters. The monoisotopic (exact) mass is 459 g/mol. The van der Waals surface area contributed by atoms with E-state index in [1.54, 1.807) is 12.1 Å². The van der Waals surface area contributed by atoms with E-state index in [-0.39, 0.29) is 16.4 Å². The van der Waals surface area contributed by atoms with Crippen LogP contribution in [0.5, 0.6) is 5.75 Å². The maximum absolute atomic E-state index is 13.4. The Balaban J connectivity index is 1.70. The fourth-order valence-electron chi connectivity index (χ4n) is 4.27. The van der Waals surface area contributed by atoms with Crippen LogP contribution in [-0.4, -0.2) is 16.6 Å². The van der Waals surface area contributed by atoms with Crippen LogP contribution in [0, 0.1) is 11.3 Å². The van der Waals surface area contributed by atoms with Gasteiger partial charge in [-0.1, -0.05) is 75.0 Å². The van der Waals surface area contributed by atoms with Gasteiger partial charge in [-0.2, -0.15) is 0 Å². The summed E-state index contributed by atoms with van der Waals surface area (Å²) < 4.78 is 5.53. The molecule has 6 heteroatoms. The van der Waals surface area contributed by atoms with Crippen molar-refractivity contribution >= 4 is 40.1 Å². The second-order valence-corrected chi connectivity index (χ2v) is 10.0. The number of rotatable bonds is 8. The van der Waals surface area contributed by atoms with Gasteiger partial charge in [0.15, 0.2) is 0 Å². The Bertz CT molecular complexity index is 881. The van der Waals surface area contributed by atoms with E-state index in [4.69, 9.17) is 16.3 Å². The van der Waals surface area contributed by atoms with E-state index < -0.39 is 5.56 Å². The summed E-state index contributed by atoms with van der Waals surface area (Å²) in [6.07, 6.45) is 6.06. The summed E-state index contributed by atoms with van der Waals surface area (Å²) in [5, 5.41) is 2.79. The van der Waals surface area contributed by atoms with Crippen LogP contribution >= 0.6 is 23.4 Å². The number of para-hydroxylation sites is 2. The van der Waals surface area contributed by atoms with Crippen LogP contribution in [0.4, 0.5) is 5.69 Å². The Morgan fingerprint density at radius 1 is 1.03 bits per heavy atom. The first-order chi connectivity index (χ1) is 14.9. The van der Waals surface area contributed by atoms with Crippen molar-refractivity contribution in [1.29, 1.82) is 0 Å². The molecule has 0 aliphatic heterocycles. The van der Waals surface area contributed by atoms with Crippen LogP contribution in [0.2, 0.25) is 0 Å². The molecule has 0 bridgehead atoms. The molecule has 2 aromatic carbocycles. The number of ether oxygens (including phenoxy) is 1. The van der Waals surface area contributed by atoms with Crippen molar-refractivity contribution in [2.24, 2.45) is 11.3 Å². The van der Waals surface area contributed by atoms with Crippen LogP contribution < -0.4 is 10.1 Å². The molecule has 1 atom stereocenters. The molecule has 1 fully saturated rings. The van der Waals surface area contributed by atoms with E-state index in [2.05, 4.69) is 19.2 Å². The highest BCUT2D eigenvalue weighted by molar-refractivity contribution is 8.14. The van der Waals surface area contributed by atoms with E-state index in [0.29, 0.717) is 22.3 Å². The Labute approximate surface area is 194 Å². The fourth-order valence-corrected chi connectivity index (χ4v) is 5.24. The van der Waals surface area contributed by atoms with Crippen molar-refractivity contribution in [3.63, 3.8) is 0 Å². The van der Waals surface area contributed by atoms with Crippen molar-refractivity contribution in [3.05, 3.63) is 54.6 Å². The van der Waals surface area contributed by atoms with E-state index in [1.165, 1.54) is 6.42 Å². The molecule has 0 aromatic heterocycles. The summed E-state index contributed by atoms with van der Waals surface area (Å²) in [5.74, 6) is 1.04. The minimum atomic E-state index is -1.12. The highest BCUT2D eigenvalue weighted by Crippen LogP contribution is 2.43. The molecule has 3 rings (SSSR count). The molecule has 1 aliphatic rings. The third kappa shape index (κ3) is 6.50. The smallest absolute Gasteiger partial charge is 0.249 e. The SMILES string of the molecule is CC(C)CC1(C(=O)Nc2ccccc2SC(=O)C(Cl)Oc2ccccc2)CCCCC1. The zero-order valence-electron chi connectivity index (χ0n) is 18.1. The van der Waals surface area contributed by atoms with Crippen LogP contribution in [0.25, 0.3) is 0 Å². The molecule has 1 amide bonds. The molecule has 0 spiro atoms. The Kier molecular flexibility index (Phi) is 8.44. The average molecular weight is 460 g/mol. The lowest BCUT2D eigenvalue weighted by molar-refractivity contribution is -0.128. The van der Waals surface area contributed by atoms with Crippen LogP contribution in [0.15, 0.2) is 59.5 Å². The van der Waals surface area contributed by atoms with E-state index in [1.807, 2.05) is 42.5 Å². The van der Waals surface area contributed by atoms with Gasteiger partial charge in [-0.3, -0.25) is 9.59 Å².